The topological polar surface area (TPSA) is 78.4 Å². The first kappa shape index (κ1) is 14.1. The zero-order valence-corrected chi connectivity index (χ0v) is 12.6. The molecule has 112 valence electrons. The minimum absolute atomic E-state index is 0.114. The molecule has 5 nitrogen and oxygen atoms in total. The Kier molecular flexibility index (Phi) is 3.33. The van der Waals surface area contributed by atoms with Crippen LogP contribution in [-0.4, -0.2) is 17.9 Å². The van der Waals surface area contributed by atoms with E-state index in [0.717, 1.165) is 11.1 Å². The van der Waals surface area contributed by atoms with Crippen molar-refractivity contribution in [2.24, 2.45) is 0 Å². The normalized spacial score (nSPS) is 10.9. The summed E-state index contributed by atoms with van der Waals surface area (Å²) in [6.07, 6.45) is 0. The number of carbonyl (C=O) groups excluding carboxylic acids is 1. The van der Waals surface area contributed by atoms with Crippen molar-refractivity contribution in [1.82, 2.24) is 4.98 Å². The van der Waals surface area contributed by atoms with Gasteiger partial charge in [0.25, 0.3) is 0 Å². The number of hydrogen-bond acceptors (Lipinski definition) is 5. The highest BCUT2D eigenvalue weighted by molar-refractivity contribution is 6.14. The molecule has 0 unspecified atom stereocenters. The third kappa shape index (κ3) is 2.20. The van der Waals surface area contributed by atoms with Gasteiger partial charge in [0.05, 0.1) is 18.2 Å². The Labute approximate surface area is 127 Å². The van der Waals surface area contributed by atoms with E-state index < -0.39 is 0 Å². The Morgan fingerprint density at radius 1 is 1.23 bits per heavy atom. The van der Waals surface area contributed by atoms with Gasteiger partial charge in [-0.1, -0.05) is 23.8 Å². The van der Waals surface area contributed by atoms with Gasteiger partial charge >= 0.3 is 0 Å². The van der Waals surface area contributed by atoms with Crippen LogP contribution in [0.5, 0.6) is 5.88 Å². The van der Waals surface area contributed by atoms with E-state index in [0.29, 0.717) is 28.2 Å². The molecule has 3 aromatic rings. The van der Waals surface area contributed by atoms with Crippen LogP contribution < -0.4 is 10.5 Å². The van der Waals surface area contributed by atoms with Crippen molar-refractivity contribution in [3.8, 4) is 5.88 Å². The summed E-state index contributed by atoms with van der Waals surface area (Å²) in [7, 11) is 1.52. The number of nitrogens with zero attached hydrogens (tertiary/aromatic N) is 1. The fraction of sp³-hybridized carbons (Fsp3) is 0.176. The average Bonchev–Trinajstić information content (AvgIpc) is 2.83. The van der Waals surface area contributed by atoms with Crippen LogP contribution in [0.1, 0.15) is 27.2 Å². The number of rotatable bonds is 3. The number of fused-ring (bicyclic) bond motifs is 1. The first-order chi connectivity index (χ1) is 10.5. The van der Waals surface area contributed by atoms with Gasteiger partial charge in [0.1, 0.15) is 0 Å². The fourth-order valence-electron chi connectivity index (χ4n) is 2.45. The Hall–Kier alpha value is -2.82. The van der Waals surface area contributed by atoms with Crippen LogP contribution in [-0.2, 0) is 0 Å². The number of aromatic nitrogens is 1. The summed E-state index contributed by atoms with van der Waals surface area (Å²) in [6, 6.07) is 9.04. The summed E-state index contributed by atoms with van der Waals surface area (Å²) in [5, 5.41) is 0.605. The van der Waals surface area contributed by atoms with Crippen molar-refractivity contribution < 1.29 is 13.9 Å². The molecular weight excluding hydrogens is 280 g/mol. The Bertz CT molecular complexity index is 881. The predicted octanol–water partition coefficient (Wildman–Crippen LogP) is 3.27. The SMILES string of the molecule is COc1ccc2c(N)c(C(=O)c3ccc(C)cc3C)oc2n1. The van der Waals surface area contributed by atoms with E-state index in [-0.39, 0.29) is 11.5 Å². The number of nitrogen functional groups attached to an aromatic ring is 1. The van der Waals surface area contributed by atoms with E-state index in [9.17, 15) is 4.79 Å². The van der Waals surface area contributed by atoms with Crippen molar-refractivity contribution in [2.75, 3.05) is 12.8 Å². The van der Waals surface area contributed by atoms with Crippen LogP contribution in [0.2, 0.25) is 0 Å². The maximum Gasteiger partial charge on any atom is 0.232 e. The summed E-state index contributed by atoms with van der Waals surface area (Å²) >= 11 is 0. The lowest BCUT2D eigenvalue weighted by molar-refractivity contribution is 0.101. The molecule has 0 radical (unpaired) electrons. The van der Waals surface area contributed by atoms with E-state index in [1.165, 1.54) is 7.11 Å². The molecule has 2 aromatic heterocycles. The molecule has 0 saturated heterocycles. The molecule has 0 amide bonds. The highest BCUT2D eigenvalue weighted by Gasteiger charge is 2.22. The van der Waals surface area contributed by atoms with E-state index in [4.69, 9.17) is 14.9 Å². The van der Waals surface area contributed by atoms with Gasteiger partial charge in [-0.05, 0) is 25.5 Å². The third-order valence-corrected chi connectivity index (χ3v) is 3.61. The molecule has 1 aromatic carbocycles. The minimum Gasteiger partial charge on any atom is -0.481 e. The van der Waals surface area contributed by atoms with Crippen LogP contribution in [0, 0.1) is 13.8 Å². The lowest BCUT2D eigenvalue weighted by atomic mass is 10.0. The lowest BCUT2D eigenvalue weighted by Crippen LogP contribution is -2.05. The quantitative estimate of drug-likeness (QED) is 0.750. The summed E-state index contributed by atoms with van der Waals surface area (Å²) in [4.78, 5) is 16.9. The Morgan fingerprint density at radius 3 is 2.68 bits per heavy atom. The van der Waals surface area contributed by atoms with Gasteiger partial charge in [0, 0.05) is 11.6 Å². The van der Waals surface area contributed by atoms with Gasteiger partial charge in [0.2, 0.25) is 23.1 Å². The zero-order valence-electron chi connectivity index (χ0n) is 12.6. The fourth-order valence-corrected chi connectivity index (χ4v) is 2.45. The summed E-state index contributed by atoms with van der Waals surface area (Å²) < 4.78 is 10.6. The molecule has 0 spiro atoms. The number of ketones is 1. The number of methoxy groups -OCH3 is 1. The monoisotopic (exact) mass is 296 g/mol. The molecule has 0 atom stereocenters. The number of aryl methyl sites for hydroxylation is 2. The predicted molar refractivity (Wildman–Crippen MR) is 84.3 cm³/mol. The maximum atomic E-state index is 12.7. The van der Waals surface area contributed by atoms with Gasteiger partial charge in [0.15, 0.2) is 0 Å². The van der Waals surface area contributed by atoms with Gasteiger partial charge < -0.3 is 14.9 Å². The molecule has 3 rings (SSSR count). The second-order valence-corrected chi connectivity index (χ2v) is 5.20. The van der Waals surface area contributed by atoms with Crippen LogP contribution in [0.3, 0.4) is 0 Å². The summed E-state index contributed by atoms with van der Waals surface area (Å²) in [5.41, 5.74) is 9.20. The molecule has 0 fully saturated rings. The molecule has 5 heteroatoms. The number of ether oxygens (including phenoxy) is 1. The standard InChI is InChI=1S/C17H16N2O3/c1-9-4-5-11(10(2)8-9)15(20)16-14(18)12-6-7-13(21-3)19-17(12)22-16/h4-8H,18H2,1-3H3. The van der Waals surface area contributed by atoms with E-state index in [1.807, 2.05) is 26.0 Å². The number of pyridine rings is 1. The summed E-state index contributed by atoms with van der Waals surface area (Å²) in [6.45, 7) is 3.87. The van der Waals surface area contributed by atoms with Crippen molar-refractivity contribution >= 4 is 22.6 Å². The number of nitrogens with two attached hydrogens (primary N) is 1. The number of carbonyl (C=O) groups is 1. The maximum absolute atomic E-state index is 12.7. The number of furan rings is 1. The second kappa shape index (κ2) is 5.18. The molecule has 0 aliphatic heterocycles. The molecule has 2 N–H and O–H groups in total. The number of hydrogen-bond donors (Lipinski definition) is 1. The van der Waals surface area contributed by atoms with Gasteiger partial charge in [-0.3, -0.25) is 4.79 Å². The van der Waals surface area contributed by atoms with Crippen LogP contribution in [0.25, 0.3) is 11.1 Å². The first-order valence-electron chi connectivity index (χ1n) is 6.86. The van der Waals surface area contributed by atoms with Crippen LogP contribution in [0.4, 0.5) is 5.69 Å². The van der Waals surface area contributed by atoms with Gasteiger partial charge in [-0.15, -0.1) is 0 Å². The number of benzene rings is 1. The molecule has 2 heterocycles. The average molecular weight is 296 g/mol. The second-order valence-electron chi connectivity index (χ2n) is 5.20. The molecule has 0 saturated carbocycles. The Morgan fingerprint density at radius 2 is 2.00 bits per heavy atom. The molecule has 0 aliphatic carbocycles. The van der Waals surface area contributed by atoms with Gasteiger partial charge in [-0.25, -0.2) is 0 Å². The third-order valence-electron chi connectivity index (χ3n) is 3.61. The molecule has 22 heavy (non-hydrogen) atoms. The van der Waals surface area contributed by atoms with Crippen molar-refractivity contribution in [2.45, 2.75) is 13.8 Å². The van der Waals surface area contributed by atoms with E-state index in [1.54, 1.807) is 18.2 Å². The molecule has 0 aliphatic rings. The number of anilines is 1. The van der Waals surface area contributed by atoms with Crippen LogP contribution in [0.15, 0.2) is 34.7 Å². The molecular formula is C17H16N2O3. The largest absolute Gasteiger partial charge is 0.481 e. The van der Waals surface area contributed by atoms with Crippen molar-refractivity contribution in [1.29, 1.82) is 0 Å². The van der Waals surface area contributed by atoms with Gasteiger partial charge in [-0.2, -0.15) is 4.98 Å². The highest BCUT2D eigenvalue weighted by atomic mass is 16.5. The minimum atomic E-state index is -0.244. The van der Waals surface area contributed by atoms with E-state index in [2.05, 4.69) is 4.98 Å². The zero-order chi connectivity index (χ0) is 15.9. The Balaban J connectivity index is 2.13. The smallest absolute Gasteiger partial charge is 0.232 e. The van der Waals surface area contributed by atoms with Crippen molar-refractivity contribution in [3.05, 3.63) is 52.8 Å². The van der Waals surface area contributed by atoms with Crippen LogP contribution >= 0.6 is 0 Å². The highest BCUT2D eigenvalue weighted by Crippen LogP contribution is 2.30. The van der Waals surface area contributed by atoms with Crippen molar-refractivity contribution in [3.63, 3.8) is 0 Å². The molecule has 0 bridgehead atoms. The first-order valence-corrected chi connectivity index (χ1v) is 6.86. The summed E-state index contributed by atoms with van der Waals surface area (Å²) in [5.74, 6) is 0.279. The van der Waals surface area contributed by atoms with E-state index >= 15 is 0 Å². The lowest BCUT2D eigenvalue weighted by Gasteiger charge is -2.04.